The number of alkyl halides is 3. The molecule has 2 aromatic rings. The van der Waals surface area contributed by atoms with Crippen LogP contribution in [0.25, 0.3) is 0 Å². The number of ether oxygens (including phenoxy) is 1. The van der Waals surface area contributed by atoms with E-state index >= 15 is 0 Å². The Balaban J connectivity index is 2.07. The fourth-order valence-corrected chi connectivity index (χ4v) is 3.39. The van der Waals surface area contributed by atoms with Crippen molar-refractivity contribution in [3.05, 3.63) is 48.0 Å². The van der Waals surface area contributed by atoms with Gasteiger partial charge in [-0.25, -0.2) is 12.7 Å². The third-order valence-corrected chi connectivity index (χ3v) is 5.71. The monoisotopic (exact) mass is 431 g/mol. The van der Waals surface area contributed by atoms with E-state index in [0.717, 1.165) is 16.4 Å². The van der Waals surface area contributed by atoms with Gasteiger partial charge in [-0.1, -0.05) is 0 Å². The number of hydrogen-bond donors (Lipinski definition) is 2. The Kier molecular flexibility index (Phi) is 6.75. The number of methoxy groups -OCH3 is 1. The zero-order chi connectivity index (χ0) is 21.8. The summed E-state index contributed by atoms with van der Waals surface area (Å²) in [6.45, 7) is -0.229. The highest BCUT2D eigenvalue weighted by Gasteiger charge is 2.30. The predicted molar refractivity (Wildman–Crippen MR) is 102 cm³/mol. The van der Waals surface area contributed by atoms with Crippen molar-refractivity contribution < 1.29 is 31.1 Å². The lowest BCUT2D eigenvalue weighted by molar-refractivity contribution is -0.137. The van der Waals surface area contributed by atoms with Gasteiger partial charge in [-0.15, -0.1) is 0 Å². The first kappa shape index (κ1) is 22.5. The van der Waals surface area contributed by atoms with Crippen LogP contribution in [0.15, 0.2) is 47.4 Å². The molecule has 11 heteroatoms. The molecule has 0 heterocycles. The lowest BCUT2D eigenvalue weighted by Gasteiger charge is -2.16. The smallest absolute Gasteiger partial charge is 0.416 e. The second-order valence-corrected chi connectivity index (χ2v) is 8.25. The molecular formula is C18H20F3N3O4S. The number of nitrogens with one attached hydrogen (secondary N) is 2. The van der Waals surface area contributed by atoms with Crippen LogP contribution in [0, 0.1) is 0 Å². The molecule has 0 unspecified atom stereocenters. The molecule has 0 saturated carbocycles. The van der Waals surface area contributed by atoms with E-state index in [-0.39, 0.29) is 22.9 Å². The minimum Gasteiger partial charge on any atom is -0.495 e. The van der Waals surface area contributed by atoms with Crippen molar-refractivity contribution in [1.29, 1.82) is 0 Å². The van der Waals surface area contributed by atoms with E-state index in [1.807, 2.05) is 0 Å². The summed E-state index contributed by atoms with van der Waals surface area (Å²) in [4.78, 5) is 12.0. The maximum absolute atomic E-state index is 12.6. The molecule has 7 nitrogen and oxygen atoms in total. The average molecular weight is 431 g/mol. The van der Waals surface area contributed by atoms with Crippen LogP contribution >= 0.6 is 0 Å². The van der Waals surface area contributed by atoms with Crippen molar-refractivity contribution in [2.45, 2.75) is 11.1 Å². The summed E-state index contributed by atoms with van der Waals surface area (Å²) in [5.74, 6) is -0.386. The van der Waals surface area contributed by atoms with Crippen molar-refractivity contribution in [2.75, 3.05) is 38.4 Å². The Morgan fingerprint density at radius 2 is 1.66 bits per heavy atom. The van der Waals surface area contributed by atoms with E-state index in [1.165, 1.54) is 51.5 Å². The van der Waals surface area contributed by atoms with Gasteiger partial charge in [-0.3, -0.25) is 4.79 Å². The van der Waals surface area contributed by atoms with Gasteiger partial charge < -0.3 is 15.4 Å². The van der Waals surface area contributed by atoms with Crippen molar-refractivity contribution in [3.8, 4) is 5.75 Å². The molecule has 0 bridgehead atoms. The first-order valence-corrected chi connectivity index (χ1v) is 9.70. The number of halogens is 3. The number of carbonyl (C=O) groups is 1. The van der Waals surface area contributed by atoms with Crippen molar-refractivity contribution in [3.63, 3.8) is 0 Å². The fraction of sp³-hybridized carbons (Fsp3) is 0.278. The quantitative estimate of drug-likeness (QED) is 0.704. The summed E-state index contributed by atoms with van der Waals surface area (Å²) >= 11 is 0. The van der Waals surface area contributed by atoms with Gasteiger partial charge in [0.2, 0.25) is 15.9 Å². The average Bonchev–Trinajstić information content (AvgIpc) is 2.65. The van der Waals surface area contributed by atoms with Gasteiger partial charge in [0.1, 0.15) is 10.6 Å². The molecule has 1 amide bonds. The molecule has 0 radical (unpaired) electrons. The SMILES string of the molecule is COc1ccc(NC(=O)CNc2ccc(C(F)(F)F)cc2)cc1S(=O)(=O)N(C)C. The van der Waals surface area contributed by atoms with Crippen LogP contribution in [-0.4, -0.2) is 46.4 Å². The topological polar surface area (TPSA) is 87.7 Å². The standard InChI is InChI=1S/C18H20F3N3O4S/c1-24(2)29(26,27)16-10-14(8-9-15(16)28-3)23-17(25)11-22-13-6-4-12(5-7-13)18(19,20)21/h4-10,22H,11H2,1-3H3,(H,23,25). The van der Waals surface area contributed by atoms with Crippen molar-refractivity contribution in [1.82, 2.24) is 4.31 Å². The lowest BCUT2D eigenvalue weighted by Crippen LogP contribution is -2.24. The Labute approximate surface area is 166 Å². The van der Waals surface area contributed by atoms with Crippen LogP contribution in [0.3, 0.4) is 0 Å². The third-order valence-electron chi connectivity index (χ3n) is 3.87. The summed E-state index contributed by atoms with van der Waals surface area (Å²) in [5, 5.41) is 5.23. The number of sulfonamides is 1. The largest absolute Gasteiger partial charge is 0.495 e. The van der Waals surface area contributed by atoms with Gasteiger partial charge in [0.15, 0.2) is 0 Å². The first-order valence-electron chi connectivity index (χ1n) is 8.26. The molecule has 0 aliphatic rings. The second kappa shape index (κ2) is 8.70. The van der Waals surface area contributed by atoms with E-state index in [0.29, 0.717) is 5.69 Å². The Hall–Kier alpha value is -2.79. The van der Waals surface area contributed by atoms with Gasteiger partial charge in [0.05, 0.1) is 19.2 Å². The van der Waals surface area contributed by atoms with Crippen molar-refractivity contribution in [2.24, 2.45) is 0 Å². The maximum Gasteiger partial charge on any atom is 0.416 e. The van der Waals surface area contributed by atoms with Crippen LogP contribution in [0.4, 0.5) is 24.5 Å². The molecule has 0 aliphatic carbocycles. The van der Waals surface area contributed by atoms with Crippen LogP contribution in [0.2, 0.25) is 0 Å². The number of benzene rings is 2. The summed E-state index contributed by atoms with van der Waals surface area (Å²) in [6.07, 6.45) is -4.44. The van der Waals surface area contributed by atoms with E-state index in [2.05, 4.69) is 10.6 Å². The number of anilines is 2. The zero-order valence-corrected chi connectivity index (χ0v) is 16.7. The van der Waals surface area contributed by atoms with Crippen molar-refractivity contribution >= 4 is 27.3 Å². The molecule has 0 fully saturated rings. The summed E-state index contributed by atoms with van der Waals surface area (Å²) in [7, 11) is 0.268. The van der Waals surface area contributed by atoms with Gasteiger partial charge in [0.25, 0.3) is 0 Å². The summed E-state index contributed by atoms with van der Waals surface area (Å²) in [5.41, 5.74) is -0.232. The van der Waals surface area contributed by atoms with Gasteiger partial charge in [0, 0.05) is 25.5 Å². The zero-order valence-electron chi connectivity index (χ0n) is 15.9. The maximum atomic E-state index is 12.6. The summed E-state index contributed by atoms with van der Waals surface area (Å²) in [6, 6.07) is 8.39. The molecule has 0 saturated heterocycles. The predicted octanol–water partition coefficient (Wildman–Crippen LogP) is 3.01. The van der Waals surface area contributed by atoms with Crippen LogP contribution in [0.5, 0.6) is 5.75 Å². The first-order chi connectivity index (χ1) is 13.4. The molecule has 2 aromatic carbocycles. The molecular weight excluding hydrogens is 411 g/mol. The van der Waals surface area contributed by atoms with E-state index in [9.17, 15) is 26.4 Å². The minimum absolute atomic E-state index is 0.113. The number of carbonyl (C=O) groups excluding carboxylic acids is 1. The normalized spacial score (nSPS) is 12.0. The van der Waals surface area contributed by atoms with E-state index in [4.69, 9.17) is 4.74 Å². The molecule has 2 rings (SSSR count). The van der Waals surface area contributed by atoms with Crippen LogP contribution in [0.1, 0.15) is 5.56 Å². The third kappa shape index (κ3) is 5.61. The molecule has 0 aliphatic heterocycles. The minimum atomic E-state index is -4.44. The van der Waals surface area contributed by atoms with Crippen LogP contribution in [-0.2, 0) is 21.0 Å². The fourth-order valence-electron chi connectivity index (χ4n) is 2.32. The van der Waals surface area contributed by atoms with E-state index < -0.39 is 27.7 Å². The van der Waals surface area contributed by atoms with Gasteiger partial charge in [-0.2, -0.15) is 13.2 Å². The summed E-state index contributed by atoms with van der Waals surface area (Å²) < 4.78 is 68.6. The molecule has 2 N–H and O–H groups in total. The molecule has 158 valence electrons. The number of hydrogen-bond acceptors (Lipinski definition) is 5. The van der Waals surface area contributed by atoms with Crippen LogP contribution < -0.4 is 15.4 Å². The molecule has 0 spiro atoms. The number of amides is 1. The second-order valence-electron chi connectivity index (χ2n) is 6.13. The highest BCUT2D eigenvalue weighted by atomic mass is 32.2. The number of nitrogens with zero attached hydrogens (tertiary/aromatic N) is 1. The highest BCUT2D eigenvalue weighted by Crippen LogP contribution is 2.30. The Bertz CT molecular complexity index is 975. The molecule has 29 heavy (non-hydrogen) atoms. The van der Waals surface area contributed by atoms with Gasteiger partial charge in [-0.05, 0) is 42.5 Å². The Morgan fingerprint density at radius 1 is 1.07 bits per heavy atom. The highest BCUT2D eigenvalue weighted by molar-refractivity contribution is 7.89. The molecule has 0 aromatic heterocycles. The van der Waals surface area contributed by atoms with E-state index in [1.54, 1.807) is 0 Å². The number of rotatable bonds is 7. The lowest BCUT2D eigenvalue weighted by atomic mass is 10.2. The van der Waals surface area contributed by atoms with Gasteiger partial charge >= 0.3 is 6.18 Å². The molecule has 0 atom stereocenters. The Morgan fingerprint density at radius 3 is 2.17 bits per heavy atom.